The third kappa shape index (κ3) is 7.38. The molecular formula is C12H21NO4. The molecule has 0 aromatic carbocycles. The normalized spacial score (nSPS) is 12.5. The first-order valence-corrected chi connectivity index (χ1v) is 5.37. The fourth-order valence-electron chi connectivity index (χ4n) is 1.13. The van der Waals surface area contributed by atoms with Gasteiger partial charge in [0.1, 0.15) is 11.6 Å². The predicted octanol–water partition coefficient (Wildman–Crippen LogP) is 2.02. The van der Waals surface area contributed by atoms with Gasteiger partial charge in [0.25, 0.3) is 0 Å². The summed E-state index contributed by atoms with van der Waals surface area (Å²) < 4.78 is 9.65. The maximum atomic E-state index is 11.5. The molecule has 0 aliphatic heterocycles. The summed E-state index contributed by atoms with van der Waals surface area (Å²) in [6.07, 6.45) is -0.319. The van der Waals surface area contributed by atoms with Crippen LogP contribution in [0.15, 0.2) is 12.2 Å². The van der Waals surface area contributed by atoms with Crippen LogP contribution < -0.4 is 5.32 Å². The van der Waals surface area contributed by atoms with Crippen molar-refractivity contribution >= 4 is 12.1 Å². The zero-order valence-corrected chi connectivity index (χ0v) is 11.1. The fraction of sp³-hybridized carbons (Fsp3) is 0.667. The molecule has 0 radical (unpaired) electrons. The summed E-state index contributed by atoms with van der Waals surface area (Å²) in [6, 6.07) is -0.757. The van der Waals surface area contributed by atoms with E-state index in [2.05, 4.69) is 16.6 Å². The molecule has 0 aliphatic carbocycles. The topological polar surface area (TPSA) is 64.6 Å². The van der Waals surface area contributed by atoms with Crippen molar-refractivity contribution < 1.29 is 19.1 Å². The van der Waals surface area contributed by atoms with Gasteiger partial charge in [-0.15, -0.1) is 6.58 Å². The van der Waals surface area contributed by atoms with E-state index in [-0.39, 0.29) is 0 Å². The Bertz CT molecular complexity index is 304. The molecule has 0 spiro atoms. The van der Waals surface area contributed by atoms with E-state index in [1.54, 1.807) is 27.7 Å². The Labute approximate surface area is 102 Å². The highest BCUT2D eigenvalue weighted by molar-refractivity contribution is 5.81. The summed E-state index contributed by atoms with van der Waals surface area (Å²) in [5.41, 5.74) is 0.171. The van der Waals surface area contributed by atoms with Gasteiger partial charge >= 0.3 is 12.1 Å². The summed E-state index contributed by atoms with van der Waals surface area (Å²) >= 11 is 0. The van der Waals surface area contributed by atoms with Crippen molar-refractivity contribution in [2.45, 2.75) is 45.8 Å². The highest BCUT2D eigenvalue weighted by Gasteiger charge is 2.24. The molecule has 0 aromatic rings. The van der Waals surface area contributed by atoms with Crippen LogP contribution in [-0.2, 0) is 14.3 Å². The van der Waals surface area contributed by atoms with Crippen molar-refractivity contribution in [2.75, 3.05) is 7.11 Å². The summed E-state index contributed by atoms with van der Waals surface area (Å²) in [4.78, 5) is 22.9. The second-order valence-electron chi connectivity index (χ2n) is 4.88. The molecule has 1 unspecified atom stereocenters. The maximum Gasteiger partial charge on any atom is 0.408 e. The van der Waals surface area contributed by atoms with Gasteiger partial charge in [0.05, 0.1) is 7.11 Å². The third-order valence-corrected chi connectivity index (χ3v) is 1.73. The number of hydrogen-bond donors (Lipinski definition) is 1. The minimum Gasteiger partial charge on any atom is -0.467 e. The number of methoxy groups -OCH3 is 1. The van der Waals surface area contributed by atoms with Gasteiger partial charge in [-0.1, -0.05) is 5.57 Å². The van der Waals surface area contributed by atoms with E-state index in [9.17, 15) is 9.59 Å². The number of rotatable bonds is 4. The lowest BCUT2D eigenvalue weighted by atomic mass is 10.1. The van der Waals surface area contributed by atoms with Crippen molar-refractivity contribution in [1.29, 1.82) is 0 Å². The van der Waals surface area contributed by atoms with Gasteiger partial charge in [-0.25, -0.2) is 9.59 Å². The minimum atomic E-state index is -0.757. The van der Waals surface area contributed by atoms with Crippen LogP contribution in [0.3, 0.4) is 0 Å². The van der Waals surface area contributed by atoms with Crippen molar-refractivity contribution in [2.24, 2.45) is 0 Å². The lowest BCUT2D eigenvalue weighted by Crippen LogP contribution is -2.44. The SMILES string of the molecule is C=C(C)CC(NC(=O)OC(C)(C)C)C(=O)OC. The van der Waals surface area contributed by atoms with Gasteiger partial charge in [-0.2, -0.15) is 0 Å². The standard InChI is InChI=1S/C12H21NO4/c1-8(2)7-9(10(14)16-6)13-11(15)17-12(3,4)5/h9H,1,7H2,2-6H3,(H,13,15). The molecule has 0 aromatic heterocycles. The first-order valence-electron chi connectivity index (χ1n) is 5.37. The Morgan fingerprint density at radius 1 is 1.35 bits per heavy atom. The number of esters is 1. The van der Waals surface area contributed by atoms with Crippen molar-refractivity contribution in [3.05, 3.63) is 12.2 Å². The molecule has 1 atom stereocenters. The molecule has 98 valence electrons. The molecule has 0 bridgehead atoms. The molecule has 0 fully saturated rings. The van der Waals surface area contributed by atoms with Crippen LogP contribution in [0.2, 0.25) is 0 Å². The van der Waals surface area contributed by atoms with Crippen LogP contribution >= 0.6 is 0 Å². The van der Waals surface area contributed by atoms with E-state index >= 15 is 0 Å². The number of carbonyl (C=O) groups is 2. The van der Waals surface area contributed by atoms with Crippen LogP contribution in [0, 0.1) is 0 Å². The molecule has 5 nitrogen and oxygen atoms in total. The summed E-state index contributed by atoms with van der Waals surface area (Å²) in [5, 5.41) is 2.46. The number of amides is 1. The lowest BCUT2D eigenvalue weighted by Gasteiger charge is -2.22. The Hall–Kier alpha value is -1.52. The first-order chi connectivity index (χ1) is 7.65. The molecule has 1 N–H and O–H groups in total. The lowest BCUT2D eigenvalue weighted by molar-refractivity contribution is -0.143. The molecule has 17 heavy (non-hydrogen) atoms. The van der Waals surface area contributed by atoms with Crippen LogP contribution in [-0.4, -0.2) is 30.8 Å². The van der Waals surface area contributed by atoms with Crippen LogP contribution in [0.4, 0.5) is 4.79 Å². The van der Waals surface area contributed by atoms with E-state index < -0.39 is 23.7 Å². The summed E-state index contributed by atoms with van der Waals surface area (Å²) in [7, 11) is 1.27. The quantitative estimate of drug-likeness (QED) is 0.606. The molecule has 0 rings (SSSR count). The molecule has 1 amide bonds. The fourth-order valence-corrected chi connectivity index (χ4v) is 1.13. The smallest absolute Gasteiger partial charge is 0.408 e. The average molecular weight is 243 g/mol. The van der Waals surface area contributed by atoms with Gasteiger partial charge in [-0.3, -0.25) is 0 Å². The van der Waals surface area contributed by atoms with Crippen molar-refractivity contribution in [3.8, 4) is 0 Å². The number of ether oxygens (including phenoxy) is 2. The molecule has 0 saturated heterocycles. The second-order valence-corrected chi connectivity index (χ2v) is 4.88. The summed E-state index contributed by atoms with van der Waals surface area (Å²) in [5.74, 6) is -0.515. The average Bonchev–Trinajstić information content (AvgIpc) is 2.11. The number of carbonyl (C=O) groups excluding carboxylic acids is 2. The largest absolute Gasteiger partial charge is 0.467 e. The van der Waals surface area contributed by atoms with Crippen molar-refractivity contribution in [1.82, 2.24) is 5.32 Å². The van der Waals surface area contributed by atoms with E-state index in [4.69, 9.17) is 4.74 Å². The highest BCUT2D eigenvalue weighted by Crippen LogP contribution is 2.09. The Morgan fingerprint density at radius 2 is 1.88 bits per heavy atom. The molecular weight excluding hydrogens is 222 g/mol. The maximum absolute atomic E-state index is 11.5. The Kier molecular flexibility index (Phi) is 5.71. The number of alkyl carbamates (subject to hydrolysis) is 1. The molecule has 0 aliphatic rings. The second kappa shape index (κ2) is 6.27. The zero-order chi connectivity index (χ0) is 13.6. The minimum absolute atomic E-state index is 0.325. The van der Waals surface area contributed by atoms with Crippen molar-refractivity contribution in [3.63, 3.8) is 0 Å². The van der Waals surface area contributed by atoms with Gasteiger partial charge in [0, 0.05) is 0 Å². The molecule has 0 heterocycles. The van der Waals surface area contributed by atoms with Gasteiger partial charge in [0.15, 0.2) is 0 Å². The van der Waals surface area contributed by atoms with E-state index in [1.165, 1.54) is 7.11 Å². The third-order valence-electron chi connectivity index (χ3n) is 1.73. The highest BCUT2D eigenvalue weighted by atomic mass is 16.6. The monoisotopic (exact) mass is 243 g/mol. The molecule has 5 heteroatoms. The van der Waals surface area contributed by atoms with Crippen LogP contribution in [0.25, 0.3) is 0 Å². The van der Waals surface area contributed by atoms with Gasteiger partial charge < -0.3 is 14.8 Å². The molecule has 0 saturated carbocycles. The summed E-state index contributed by atoms with van der Waals surface area (Å²) in [6.45, 7) is 10.7. The van der Waals surface area contributed by atoms with Gasteiger partial charge in [-0.05, 0) is 34.1 Å². The Balaban J connectivity index is 4.48. The van der Waals surface area contributed by atoms with E-state index in [0.29, 0.717) is 6.42 Å². The number of hydrogen-bond acceptors (Lipinski definition) is 4. The van der Waals surface area contributed by atoms with Crippen LogP contribution in [0.5, 0.6) is 0 Å². The van der Waals surface area contributed by atoms with E-state index in [0.717, 1.165) is 5.57 Å². The van der Waals surface area contributed by atoms with Gasteiger partial charge in [0.2, 0.25) is 0 Å². The Morgan fingerprint density at radius 3 is 2.24 bits per heavy atom. The predicted molar refractivity (Wildman–Crippen MR) is 64.6 cm³/mol. The first kappa shape index (κ1) is 15.5. The number of nitrogens with one attached hydrogen (secondary N) is 1. The zero-order valence-electron chi connectivity index (χ0n) is 11.1. The van der Waals surface area contributed by atoms with E-state index in [1.807, 2.05) is 0 Å². The van der Waals surface area contributed by atoms with Crippen LogP contribution in [0.1, 0.15) is 34.1 Å².